The van der Waals surface area contributed by atoms with Gasteiger partial charge in [-0.2, -0.15) is 0 Å². The molecule has 0 amide bonds. The molecule has 0 fully saturated rings. The van der Waals surface area contributed by atoms with Gasteiger partial charge in [0.25, 0.3) is 0 Å². The summed E-state index contributed by atoms with van der Waals surface area (Å²) in [4.78, 5) is 11.1. The van der Waals surface area contributed by atoms with Gasteiger partial charge in [-0.15, -0.1) is 0 Å². The molecule has 0 aliphatic heterocycles. The maximum atomic E-state index is 13.6. The van der Waals surface area contributed by atoms with E-state index in [1.165, 1.54) is 12.1 Å². The van der Waals surface area contributed by atoms with Crippen LogP contribution in [0.3, 0.4) is 0 Å². The van der Waals surface area contributed by atoms with E-state index in [2.05, 4.69) is 5.16 Å². The van der Waals surface area contributed by atoms with Crippen LogP contribution in [-0.4, -0.2) is 16.2 Å². The molecule has 0 aliphatic carbocycles. The molecule has 1 aromatic heterocycles. The zero-order valence-electron chi connectivity index (χ0n) is 9.41. The average molecular weight is 253 g/mol. The summed E-state index contributed by atoms with van der Waals surface area (Å²) >= 11 is 0. The normalized spacial score (nSPS) is 10.6. The van der Waals surface area contributed by atoms with Crippen LogP contribution in [0, 0.1) is 11.6 Å². The molecule has 2 rings (SSSR count). The van der Waals surface area contributed by atoms with Crippen molar-refractivity contribution in [3.63, 3.8) is 0 Å². The minimum atomic E-state index is -1.29. The second-order valence-electron chi connectivity index (χ2n) is 3.59. The lowest BCUT2D eigenvalue weighted by Gasteiger charge is -2.01. The molecule has 0 saturated carbocycles. The Kier molecular flexibility index (Phi) is 3.10. The van der Waals surface area contributed by atoms with Gasteiger partial charge in [0.1, 0.15) is 11.3 Å². The van der Waals surface area contributed by atoms with Gasteiger partial charge in [0.2, 0.25) is 0 Å². The van der Waals surface area contributed by atoms with Crippen LogP contribution in [0.5, 0.6) is 0 Å². The molecule has 1 heterocycles. The Morgan fingerprint density at radius 1 is 1.44 bits per heavy atom. The number of benzene rings is 1. The maximum absolute atomic E-state index is 13.6. The number of aryl methyl sites for hydroxylation is 1. The van der Waals surface area contributed by atoms with Gasteiger partial charge < -0.3 is 9.63 Å². The Labute approximate surface area is 101 Å². The third-order valence-electron chi connectivity index (χ3n) is 2.50. The van der Waals surface area contributed by atoms with E-state index in [9.17, 15) is 13.6 Å². The van der Waals surface area contributed by atoms with Gasteiger partial charge in [-0.05, 0) is 12.1 Å². The lowest BCUT2D eigenvalue weighted by atomic mass is 10.0. The summed E-state index contributed by atoms with van der Waals surface area (Å²) in [6.07, 6.45) is 0.297. The maximum Gasteiger partial charge on any atom is 0.341 e. The van der Waals surface area contributed by atoms with E-state index in [0.717, 1.165) is 6.07 Å². The summed E-state index contributed by atoms with van der Waals surface area (Å²) in [5, 5.41) is 12.6. The zero-order valence-corrected chi connectivity index (χ0v) is 9.41. The van der Waals surface area contributed by atoms with E-state index in [0.29, 0.717) is 6.42 Å². The number of hydrogen-bond donors (Lipinski definition) is 1. The van der Waals surface area contributed by atoms with E-state index in [4.69, 9.17) is 9.63 Å². The van der Waals surface area contributed by atoms with Gasteiger partial charge in [-0.3, -0.25) is 0 Å². The molecule has 0 spiro atoms. The van der Waals surface area contributed by atoms with Crippen LogP contribution in [0.15, 0.2) is 22.7 Å². The van der Waals surface area contributed by atoms with Crippen LogP contribution >= 0.6 is 0 Å². The van der Waals surface area contributed by atoms with Crippen molar-refractivity contribution in [2.45, 2.75) is 13.3 Å². The first-order valence-corrected chi connectivity index (χ1v) is 5.22. The predicted molar refractivity (Wildman–Crippen MR) is 58.2 cm³/mol. The summed E-state index contributed by atoms with van der Waals surface area (Å²) < 4.78 is 31.5. The van der Waals surface area contributed by atoms with Crippen molar-refractivity contribution in [1.82, 2.24) is 5.16 Å². The molecule has 2 aromatic rings. The molecule has 1 N–H and O–H groups in total. The van der Waals surface area contributed by atoms with Crippen LogP contribution in [0.4, 0.5) is 8.78 Å². The highest BCUT2D eigenvalue weighted by molar-refractivity contribution is 5.95. The second kappa shape index (κ2) is 4.56. The Morgan fingerprint density at radius 2 is 2.17 bits per heavy atom. The highest BCUT2D eigenvalue weighted by Gasteiger charge is 2.25. The van der Waals surface area contributed by atoms with E-state index in [1.54, 1.807) is 6.92 Å². The van der Waals surface area contributed by atoms with Crippen LogP contribution in [-0.2, 0) is 6.42 Å². The van der Waals surface area contributed by atoms with Gasteiger partial charge in [0.15, 0.2) is 17.4 Å². The predicted octanol–water partition coefficient (Wildman–Crippen LogP) is 2.88. The smallest absolute Gasteiger partial charge is 0.341 e. The number of aromatic nitrogens is 1. The summed E-state index contributed by atoms with van der Waals surface area (Å²) in [6.45, 7) is 1.68. The SMILES string of the molecule is CCc1onc(-c2cccc(F)c2F)c1C(=O)O. The standard InChI is InChI=1S/C12H9F2NO3/c1-2-8-9(12(16)17)11(15-18-8)6-4-3-5-7(13)10(6)14/h3-5H,2H2,1H3,(H,16,17). The molecular weight excluding hydrogens is 244 g/mol. The third-order valence-corrected chi connectivity index (χ3v) is 2.50. The van der Waals surface area contributed by atoms with Gasteiger partial charge in [-0.25, -0.2) is 13.6 Å². The fourth-order valence-electron chi connectivity index (χ4n) is 1.66. The van der Waals surface area contributed by atoms with Crippen LogP contribution < -0.4 is 0 Å². The minimum Gasteiger partial charge on any atom is -0.477 e. The molecular formula is C12H9F2NO3. The van der Waals surface area contributed by atoms with Gasteiger partial charge in [-0.1, -0.05) is 18.1 Å². The molecule has 94 valence electrons. The largest absolute Gasteiger partial charge is 0.477 e. The van der Waals surface area contributed by atoms with Gasteiger partial charge >= 0.3 is 5.97 Å². The molecule has 4 nitrogen and oxygen atoms in total. The first-order valence-electron chi connectivity index (χ1n) is 5.22. The molecule has 0 atom stereocenters. The number of hydrogen-bond acceptors (Lipinski definition) is 3. The van der Waals surface area contributed by atoms with Crippen molar-refractivity contribution in [2.24, 2.45) is 0 Å². The summed E-state index contributed by atoms with van der Waals surface area (Å²) in [5.41, 5.74) is -0.658. The Balaban J connectivity index is 2.68. The van der Waals surface area contributed by atoms with Gasteiger partial charge in [0.05, 0.1) is 0 Å². The lowest BCUT2D eigenvalue weighted by Crippen LogP contribution is -2.02. The van der Waals surface area contributed by atoms with Crippen molar-refractivity contribution < 1.29 is 23.2 Å². The Bertz CT molecular complexity index is 607. The number of nitrogens with zero attached hydrogens (tertiary/aromatic N) is 1. The molecule has 1 aromatic carbocycles. The Morgan fingerprint density at radius 3 is 2.78 bits per heavy atom. The van der Waals surface area contributed by atoms with Crippen molar-refractivity contribution in [3.05, 3.63) is 41.2 Å². The van der Waals surface area contributed by atoms with E-state index in [-0.39, 0.29) is 22.6 Å². The quantitative estimate of drug-likeness (QED) is 0.913. The fraction of sp³-hybridized carbons (Fsp3) is 0.167. The molecule has 0 unspecified atom stereocenters. The third kappa shape index (κ3) is 1.85. The second-order valence-corrected chi connectivity index (χ2v) is 3.59. The highest BCUT2D eigenvalue weighted by Crippen LogP contribution is 2.29. The number of rotatable bonds is 3. The number of carboxylic acids is 1. The van der Waals surface area contributed by atoms with Crippen LogP contribution in [0.25, 0.3) is 11.3 Å². The molecule has 18 heavy (non-hydrogen) atoms. The monoisotopic (exact) mass is 253 g/mol. The summed E-state index contributed by atoms with van der Waals surface area (Å²) in [6, 6.07) is 3.47. The van der Waals surface area contributed by atoms with Crippen molar-refractivity contribution in [3.8, 4) is 11.3 Å². The number of halogens is 2. The molecule has 0 radical (unpaired) electrons. The molecule has 6 heteroatoms. The minimum absolute atomic E-state index is 0.126. The number of carbonyl (C=O) groups is 1. The lowest BCUT2D eigenvalue weighted by molar-refractivity contribution is 0.0695. The summed E-state index contributed by atoms with van der Waals surface area (Å²) in [7, 11) is 0. The van der Waals surface area contributed by atoms with Crippen LogP contribution in [0.1, 0.15) is 23.0 Å². The van der Waals surface area contributed by atoms with E-state index in [1.807, 2.05) is 0 Å². The Hall–Kier alpha value is -2.24. The highest BCUT2D eigenvalue weighted by atomic mass is 19.2. The molecule has 0 bridgehead atoms. The average Bonchev–Trinajstić information content (AvgIpc) is 2.76. The van der Waals surface area contributed by atoms with Gasteiger partial charge in [0, 0.05) is 12.0 Å². The molecule has 0 saturated heterocycles. The first kappa shape index (κ1) is 12.2. The zero-order chi connectivity index (χ0) is 13.3. The van der Waals surface area contributed by atoms with Crippen molar-refractivity contribution in [2.75, 3.05) is 0 Å². The topological polar surface area (TPSA) is 63.3 Å². The number of aromatic carboxylic acids is 1. The fourth-order valence-corrected chi connectivity index (χ4v) is 1.66. The van der Waals surface area contributed by atoms with E-state index < -0.39 is 17.6 Å². The van der Waals surface area contributed by atoms with E-state index >= 15 is 0 Å². The van der Waals surface area contributed by atoms with Crippen molar-refractivity contribution in [1.29, 1.82) is 0 Å². The number of carboxylic acid groups (broad SMARTS) is 1. The van der Waals surface area contributed by atoms with Crippen molar-refractivity contribution >= 4 is 5.97 Å². The van der Waals surface area contributed by atoms with Crippen LogP contribution in [0.2, 0.25) is 0 Å². The summed E-state index contributed by atoms with van der Waals surface area (Å²) in [5.74, 6) is -3.37. The molecule has 0 aliphatic rings. The first-order chi connectivity index (χ1) is 8.56.